The summed E-state index contributed by atoms with van der Waals surface area (Å²) in [7, 11) is 0. The van der Waals surface area contributed by atoms with E-state index in [-0.39, 0.29) is 23.5 Å². The molecular formula is C28H32F2N2O3S2. The van der Waals surface area contributed by atoms with Gasteiger partial charge in [0.05, 0.1) is 24.0 Å². The van der Waals surface area contributed by atoms with Crippen LogP contribution in [0.25, 0.3) is 0 Å². The highest BCUT2D eigenvalue weighted by atomic mass is 32.2. The van der Waals surface area contributed by atoms with Crippen LogP contribution >= 0.6 is 23.5 Å². The van der Waals surface area contributed by atoms with E-state index in [1.807, 2.05) is 12.1 Å². The van der Waals surface area contributed by atoms with Crippen molar-refractivity contribution in [3.8, 4) is 0 Å². The lowest BCUT2D eigenvalue weighted by Crippen LogP contribution is -2.48. The maximum atomic E-state index is 13.9. The number of rotatable bonds is 11. The smallest absolute Gasteiger partial charge is 0.255 e. The van der Waals surface area contributed by atoms with Crippen LogP contribution in [0.2, 0.25) is 0 Å². The Balaban J connectivity index is 1.46. The van der Waals surface area contributed by atoms with Crippen LogP contribution in [-0.4, -0.2) is 41.2 Å². The lowest BCUT2D eigenvalue weighted by molar-refractivity contribution is 0.0828. The molecule has 1 aliphatic rings. The van der Waals surface area contributed by atoms with E-state index < -0.39 is 23.8 Å². The molecule has 37 heavy (non-hydrogen) atoms. The van der Waals surface area contributed by atoms with E-state index in [0.717, 1.165) is 36.0 Å². The van der Waals surface area contributed by atoms with Gasteiger partial charge in [0.15, 0.2) is 0 Å². The minimum Gasteiger partial charge on any atom is -0.466 e. The van der Waals surface area contributed by atoms with Gasteiger partial charge in [-0.05, 0) is 65.7 Å². The Labute approximate surface area is 224 Å². The van der Waals surface area contributed by atoms with Gasteiger partial charge in [0, 0.05) is 19.2 Å². The summed E-state index contributed by atoms with van der Waals surface area (Å²) >= 11 is 3.48. The van der Waals surface area contributed by atoms with E-state index >= 15 is 0 Å². The molecule has 9 heteroatoms. The zero-order valence-electron chi connectivity index (χ0n) is 20.7. The molecule has 1 aromatic heterocycles. The van der Waals surface area contributed by atoms with Crippen LogP contribution in [0.15, 0.2) is 59.2 Å². The Bertz CT molecular complexity index is 1160. The summed E-state index contributed by atoms with van der Waals surface area (Å²) in [6, 6.07) is 12.3. The average molecular weight is 547 g/mol. The third-order valence-electron chi connectivity index (χ3n) is 6.22. The lowest BCUT2D eigenvalue weighted by Gasteiger charge is -2.25. The number of thioether (sulfide) groups is 2. The van der Waals surface area contributed by atoms with E-state index in [0.29, 0.717) is 23.4 Å². The molecule has 0 spiro atoms. The second-order valence-electron chi connectivity index (χ2n) is 9.06. The van der Waals surface area contributed by atoms with E-state index in [1.165, 1.54) is 24.0 Å². The third kappa shape index (κ3) is 7.83. The largest absolute Gasteiger partial charge is 0.466 e. The van der Waals surface area contributed by atoms with Crippen molar-refractivity contribution in [1.29, 1.82) is 0 Å². The quantitative estimate of drug-likeness (QED) is 0.296. The zero-order valence-corrected chi connectivity index (χ0v) is 22.3. The highest BCUT2D eigenvalue weighted by Crippen LogP contribution is 2.45. The monoisotopic (exact) mass is 546 g/mol. The molecule has 2 aromatic carbocycles. The number of carbonyl (C=O) groups is 1. The SMILES string of the molecule is CCc1cccc(CNCC(O)C(Cc2cc(F)cc(F)c2)NC(=O)c2ccoc2C2SCCCS2)c1. The van der Waals surface area contributed by atoms with Crippen molar-refractivity contribution in [2.45, 2.75) is 49.5 Å². The van der Waals surface area contributed by atoms with Gasteiger partial charge in [-0.25, -0.2) is 8.78 Å². The summed E-state index contributed by atoms with van der Waals surface area (Å²) in [6.07, 6.45) is 2.61. The van der Waals surface area contributed by atoms with Gasteiger partial charge in [0.1, 0.15) is 22.0 Å². The highest BCUT2D eigenvalue weighted by molar-refractivity contribution is 8.16. The van der Waals surface area contributed by atoms with Gasteiger partial charge in [-0.2, -0.15) is 0 Å². The Morgan fingerprint density at radius 2 is 1.81 bits per heavy atom. The molecule has 5 nitrogen and oxygen atoms in total. The van der Waals surface area contributed by atoms with Gasteiger partial charge in [-0.1, -0.05) is 31.2 Å². The zero-order chi connectivity index (χ0) is 26.2. The van der Waals surface area contributed by atoms with Crippen LogP contribution in [0.1, 0.15) is 50.7 Å². The number of amides is 1. The number of hydrogen-bond donors (Lipinski definition) is 3. The molecule has 198 valence electrons. The summed E-state index contributed by atoms with van der Waals surface area (Å²) in [5, 5.41) is 17.2. The van der Waals surface area contributed by atoms with Crippen molar-refractivity contribution in [2.75, 3.05) is 18.1 Å². The summed E-state index contributed by atoms with van der Waals surface area (Å²) in [4.78, 5) is 13.3. The van der Waals surface area contributed by atoms with Crippen molar-refractivity contribution < 1.29 is 23.1 Å². The Morgan fingerprint density at radius 3 is 2.54 bits per heavy atom. The number of aliphatic hydroxyl groups excluding tert-OH is 1. The topological polar surface area (TPSA) is 74.5 Å². The molecule has 1 saturated heterocycles. The molecule has 0 radical (unpaired) electrons. The predicted octanol–water partition coefficient (Wildman–Crippen LogP) is 5.48. The molecule has 0 saturated carbocycles. The Morgan fingerprint density at radius 1 is 1.08 bits per heavy atom. The lowest BCUT2D eigenvalue weighted by atomic mass is 10.00. The molecule has 2 unspecified atom stereocenters. The van der Waals surface area contributed by atoms with E-state index in [1.54, 1.807) is 29.6 Å². The fraction of sp³-hybridized carbons (Fsp3) is 0.393. The molecule has 1 amide bonds. The molecular weight excluding hydrogens is 514 g/mol. The van der Waals surface area contributed by atoms with Gasteiger partial charge in [0.25, 0.3) is 5.91 Å². The Kier molecular flexibility index (Phi) is 10.1. The van der Waals surface area contributed by atoms with Gasteiger partial charge in [-0.15, -0.1) is 23.5 Å². The minimum atomic E-state index is -1.00. The number of halogens is 2. The highest BCUT2D eigenvalue weighted by Gasteiger charge is 2.29. The molecule has 0 bridgehead atoms. The van der Waals surface area contributed by atoms with Gasteiger partial charge in [-0.3, -0.25) is 4.79 Å². The minimum absolute atomic E-state index is 0.0331. The fourth-order valence-electron chi connectivity index (χ4n) is 4.31. The summed E-state index contributed by atoms with van der Waals surface area (Å²) in [6.45, 7) is 2.82. The van der Waals surface area contributed by atoms with Crippen LogP contribution < -0.4 is 10.6 Å². The van der Waals surface area contributed by atoms with Gasteiger partial charge in [0.2, 0.25) is 0 Å². The van der Waals surface area contributed by atoms with Crippen LogP contribution in [0.4, 0.5) is 8.78 Å². The second kappa shape index (κ2) is 13.5. The summed E-state index contributed by atoms with van der Waals surface area (Å²) in [5.74, 6) is 0.814. The summed E-state index contributed by atoms with van der Waals surface area (Å²) in [5.41, 5.74) is 3.08. The molecule has 2 atom stereocenters. The summed E-state index contributed by atoms with van der Waals surface area (Å²) < 4.78 is 33.4. The first-order valence-electron chi connectivity index (χ1n) is 12.5. The number of furan rings is 1. The van der Waals surface area contributed by atoms with Gasteiger partial charge >= 0.3 is 0 Å². The van der Waals surface area contributed by atoms with E-state index in [4.69, 9.17) is 4.42 Å². The standard InChI is InChI=1S/C28H32F2N2O3S2/c1-2-18-5-3-6-19(11-18)16-31-17-25(33)24(14-20-12-21(29)15-22(30)13-20)32-27(34)23-7-8-35-26(23)28-36-9-4-10-37-28/h3,5-8,11-13,15,24-25,28,31,33H,2,4,9-10,14,16-17H2,1H3,(H,32,34). The van der Waals surface area contributed by atoms with Crippen LogP contribution in [0.5, 0.6) is 0 Å². The van der Waals surface area contributed by atoms with Crippen molar-refractivity contribution in [3.63, 3.8) is 0 Å². The van der Waals surface area contributed by atoms with Crippen LogP contribution in [0.3, 0.4) is 0 Å². The number of aryl methyl sites for hydroxylation is 1. The molecule has 3 N–H and O–H groups in total. The maximum Gasteiger partial charge on any atom is 0.255 e. The molecule has 1 fully saturated rings. The average Bonchev–Trinajstić information content (AvgIpc) is 3.39. The van der Waals surface area contributed by atoms with Crippen molar-refractivity contribution in [2.24, 2.45) is 0 Å². The van der Waals surface area contributed by atoms with Crippen molar-refractivity contribution in [1.82, 2.24) is 10.6 Å². The van der Waals surface area contributed by atoms with E-state index in [9.17, 15) is 18.7 Å². The van der Waals surface area contributed by atoms with Gasteiger partial charge < -0.3 is 20.2 Å². The first-order chi connectivity index (χ1) is 17.9. The normalized spacial score (nSPS) is 15.9. The number of aliphatic hydroxyl groups is 1. The molecule has 1 aliphatic heterocycles. The van der Waals surface area contributed by atoms with Crippen molar-refractivity contribution in [3.05, 3.63) is 94.4 Å². The first-order valence-corrected chi connectivity index (χ1v) is 14.6. The third-order valence-corrected chi connectivity index (χ3v) is 9.12. The second-order valence-corrected chi connectivity index (χ2v) is 11.8. The number of hydrogen-bond acceptors (Lipinski definition) is 6. The Hall–Kier alpha value is -2.33. The molecule has 4 rings (SSSR count). The molecule has 3 aromatic rings. The fourth-order valence-corrected chi connectivity index (χ4v) is 7.17. The van der Waals surface area contributed by atoms with Crippen molar-refractivity contribution >= 4 is 29.4 Å². The predicted molar refractivity (Wildman–Crippen MR) is 146 cm³/mol. The molecule has 2 heterocycles. The maximum absolute atomic E-state index is 13.9. The van der Waals surface area contributed by atoms with Crippen LogP contribution in [-0.2, 0) is 19.4 Å². The number of nitrogens with one attached hydrogen (secondary N) is 2. The number of carbonyl (C=O) groups excluding carboxylic acids is 1. The first kappa shape index (κ1) is 27.7. The molecule has 0 aliphatic carbocycles. The van der Waals surface area contributed by atoms with Crippen LogP contribution in [0, 0.1) is 11.6 Å². The number of benzene rings is 2. The van der Waals surface area contributed by atoms with E-state index in [2.05, 4.69) is 29.7 Å².